The minimum absolute atomic E-state index is 0.627. The lowest BCUT2D eigenvalue weighted by molar-refractivity contribution is 0.305. The van der Waals surface area contributed by atoms with Crippen LogP contribution in [-0.4, -0.2) is 0 Å². The highest BCUT2D eigenvalue weighted by Gasteiger charge is 1.99. The van der Waals surface area contributed by atoms with Gasteiger partial charge in [0.15, 0.2) is 0 Å². The Morgan fingerprint density at radius 2 is 1.69 bits per heavy atom. The summed E-state index contributed by atoms with van der Waals surface area (Å²) >= 11 is 2.33. The van der Waals surface area contributed by atoms with Crippen molar-refractivity contribution in [2.75, 3.05) is 0 Å². The minimum atomic E-state index is 0.627. The van der Waals surface area contributed by atoms with Crippen molar-refractivity contribution in [3.63, 3.8) is 0 Å². The van der Waals surface area contributed by atoms with Gasteiger partial charge >= 0.3 is 0 Å². The van der Waals surface area contributed by atoms with Crippen molar-refractivity contribution in [3.8, 4) is 5.75 Å². The minimum Gasteiger partial charge on any atom is -0.489 e. The predicted octanol–water partition coefficient (Wildman–Crippen LogP) is 4.18. The standard InChI is InChI=1S/C14H13IO/c1-11-6-8-13(9-7-11)16-10-12-4-2-3-5-14(12)15/h2-9H,10H2,1H3. The van der Waals surface area contributed by atoms with Gasteiger partial charge in [0, 0.05) is 9.13 Å². The first-order valence-electron chi connectivity index (χ1n) is 5.18. The molecule has 2 rings (SSSR count). The SMILES string of the molecule is Cc1ccc(OCc2ccccc2I)cc1. The molecule has 0 spiro atoms. The van der Waals surface area contributed by atoms with Gasteiger partial charge in [-0.1, -0.05) is 35.9 Å². The second-order valence-corrected chi connectivity index (χ2v) is 4.86. The Hall–Kier alpha value is -1.03. The lowest BCUT2D eigenvalue weighted by Crippen LogP contribution is -1.97. The summed E-state index contributed by atoms with van der Waals surface area (Å²) in [7, 11) is 0. The molecule has 0 radical (unpaired) electrons. The van der Waals surface area contributed by atoms with Gasteiger partial charge in [0.05, 0.1) is 0 Å². The van der Waals surface area contributed by atoms with E-state index in [9.17, 15) is 0 Å². The number of benzene rings is 2. The molecular weight excluding hydrogens is 311 g/mol. The molecular formula is C14H13IO. The van der Waals surface area contributed by atoms with Crippen LogP contribution in [0.3, 0.4) is 0 Å². The second kappa shape index (κ2) is 5.34. The highest BCUT2D eigenvalue weighted by molar-refractivity contribution is 14.1. The molecule has 2 aromatic carbocycles. The summed E-state index contributed by atoms with van der Waals surface area (Å²) in [5.41, 5.74) is 2.48. The Kier molecular flexibility index (Phi) is 3.83. The summed E-state index contributed by atoms with van der Waals surface area (Å²) in [6, 6.07) is 16.4. The van der Waals surface area contributed by atoms with Crippen LogP contribution in [0.25, 0.3) is 0 Å². The van der Waals surface area contributed by atoms with Crippen LogP contribution in [0, 0.1) is 10.5 Å². The fourth-order valence-electron chi connectivity index (χ4n) is 1.41. The zero-order valence-electron chi connectivity index (χ0n) is 9.11. The third-order valence-electron chi connectivity index (χ3n) is 2.37. The van der Waals surface area contributed by atoms with Crippen LogP contribution < -0.4 is 4.74 Å². The molecule has 0 N–H and O–H groups in total. The summed E-state index contributed by atoms with van der Waals surface area (Å²) < 4.78 is 6.97. The number of rotatable bonds is 3. The van der Waals surface area contributed by atoms with Gasteiger partial charge in [0.25, 0.3) is 0 Å². The van der Waals surface area contributed by atoms with E-state index in [0.29, 0.717) is 6.61 Å². The molecule has 0 heterocycles. The van der Waals surface area contributed by atoms with Gasteiger partial charge in [-0.3, -0.25) is 0 Å². The third kappa shape index (κ3) is 2.98. The maximum atomic E-state index is 5.72. The van der Waals surface area contributed by atoms with Crippen molar-refractivity contribution in [3.05, 3.63) is 63.2 Å². The molecule has 0 bridgehead atoms. The first-order chi connectivity index (χ1) is 7.75. The molecule has 16 heavy (non-hydrogen) atoms. The summed E-state index contributed by atoms with van der Waals surface area (Å²) in [4.78, 5) is 0. The molecule has 0 aliphatic heterocycles. The monoisotopic (exact) mass is 324 g/mol. The van der Waals surface area contributed by atoms with Crippen LogP contribution in [0.2, 0.25) is 0 Å². The van der Waals surface area contributed by atoms with E-state index in [4.69, 9.17) is 4.74 Å². The molecule has 82 valence electrons. The van der Waals surface area contributed by atoms with E-state index in [1.54, 1.807) is 0 Å². The first kappa shape index (κ1) is 11.5. The molecule has 0 unspecified atom stereocenters. The molecule has 0 saturated heterocycles. The zero-order valence-corrected chi connectivity index (χ0v) is 11.3. The number of ether oxygens (including phenoxy) is 1. The van der Waals surface area contributed by atoms with E-state index >= 15 is 0 Å². The van der Waals surface area contributed by atoms with E-state index < -0.39 is 0 Å². The molecule has 0 aromatic heterocycles. The summed E-state index contributed by atoms with van der Waals surface area (Å²) in [5.74, 6) is 0.922. The highest BCUT2D eigenvalue weighted by Crippen LogP contribution is 2.16. The van der Waals surface area contributed by atoms with E-state index in [1.165, 1.54) is 14.7 Å². The quantitative estimate of drug-likeness (QED) is 0.770. The van der Waals surface area contributed by atoms with Gasteiger partial charge < -0.3 is 4.74 Å². The molecule has 0 atom stereocenters. The summed E-state index contributed by atoms with van der Waals surface area (Å²) in [6.45, 7) is 2.70. The molecule has 0 amide bonds. The van der Waals surface area contributed by atoms with Crippen molar-refractivity contribution in [2.24, 2.45) is 0 Å². The molecule has 0 aliphatic rings. The molecule has 0 aliphatic carbocycles. The number of aryl methyl sites for hydroxylation is 1. The number of hydrogen-bond acceptors (Lipinski definition) is 1. The molecule has 1 nitrogen and oxygen atoms in total. The van der Waals surface area contributed by atoms with Crippen molar-refractivity contribution >= 4 is 22.6 Å². The maximum Gasteiger partial charge on any atom is 0.119 e. The van der Waals surface area contributed by atoms with E-state index in [-0.39, 0.29) is 0 Å². The molecule has 2 heteroatoms. The number of halogens is 1. The maximum absolute atomic E-state index is 5.72. The fraction of sp³-hybridized carbons (Fsp3) is 0.143. The predicted molar refractivity (Wildman–Crippen MR) is 74.7 cm³/mol. The van der Waals surface area contributed by atoms with Crippen molar-refractivity contribution in [1.29, 1.82) is 0 Å². The Morgan fingerprint density at radius 1 is 1.00 bits per heavy atom. The Bertz CT molecular complexity index is 462. The van der Waals surface area contributed by atoms with Crippen molar-refractivity contribution in [1.82, 2.24) is 0 Å². The van der Waals surface area contributed by atoms with Gasteiger partial charge in [-0.2, -0.15) is 0 Å². The van der Waals surface area contributed by atoms with Crippen LogP contribution in [0.5, 0.6) is 5.75 Å². The van der Waals surface area contributed by atoms with E-state index in [0.717, 1.165) is 5.75 Å². The average Bonchev–Trinajstić information content (AvgIpc) is 2.30. The smallest absolute Gasteiger partial charge is 0.119 e. The highest BCUT2D eigenvalue weighted by atomic mass is 127. The molecule has 0 fully saturated rings. The third-order valence-corrected chi connectivity index (χ3v) is 3.43. The van der Waals surface area contributed by atoms with Crippen molar-refractivity contribution < 1.29 is 4.74 Å². The first-order valence-corrected chi connectivity index (χ1v) is 6.26. The molecule has 2 aromatic rings. The van der Waals surface area contributed by atoms with E-state index in [1.807, 2.05) is 24.3 Å². The zero-order chi connectivity index (χ0) is 11.4. The normalized spacial score (nSPS) is 10.1. The fourth-order valence-corrected chi connectivity index (χ4v) is 1.95. The largest absolute Gasteiger partial charge is 0.489 e. The lowest BCUT2D eigenvalue weighted by atomic mass is 10.2. The van der Waals surface area contributed by atoms with Crippen molar-refractivity contribution in [2.45, 2.75) is 13.5 Å². The summed E-state index contributed by atoms with van der Waals surface area (Å²) in [5, 5.41) is 0. The molecule has 0 saturated carbocycles. The van der Waals surface area contributed by atoms with Crippen LogP contribution in [0.4, 0.5) is 0 Å². The van der Waals surface area contributed by atoms with Gasteiger partial charge in [0.2, 0.25) is 0 Å². The Balaban J connectivity index is 2.02. The van der Waals surface area contributed by atoms with Gasteiger partial charge in [-0.05, 0) is 47.7 Å². The lowest BCUT2D eigenvalue weighted by Gasteiger charge is -2.07. The van der Waals surface area contributed by atoms with Crippen LogP contribution >= 0.6 is 22.6 Å². The van der Waals surface area contributed by atoms with Gasteiger partial charge in [-0.15, -0.1) is 0 Å². The van der Waals surface area contributed by atoms with Gasteiger partial charge in [0.1, 0.15) is 12.4 Å². The second-order valence-electron chi connectivity index (χ2n) is 3.69. The Labute approximate surface area is 110 Å². The van der Waals surface area contributed by atoms with Crippen LogP contribution in [-0.2, 0) is 6.61 Å². The average molecular weight is 324 g/mol. The number of hydrogen-bond donors (Lipinski definition) is 0. The topological polar surface area (TPSA) is 9.23 Å². The Morgan fingerprint density at radius 3 is 2.38 bits per heavy atom. The van der Waals surface area contributed by atoms with E-state index in [2.05, 4.69) is 53.8 Å². The summed E-state index contributed by atoms with van der Waals surface area (Å²) in [6.07, 6.45) is 0. The van der Waals surface area contributed by atoms with Gasteiger partial charge in [-0.25, -0.2) is 0 Å². The van der Waals surface area contributed by atoms with Crippen LogP contribution in [0.1, 0.15) is 11.1 Å². The van der Waals surface area contributed by atoms with Crippen LogP contribution in [0.15, 0.2) is 48.5 Å².